The molecule has 0 bridgehead atoms. The van der Waals surface area contributed by atoms with Gasteiger partial charge >= 0.3 is 0 Å². The number of nitrogens with zero attached hydrogens (tertiary/aromatic N) is 2. The van der Waals surface area contributed by atoms with Gasteiger partial charge in [-0.25, -0.2) is 0 Å². The van der Waals surface area contributed by atoms with Crippen molar-refractivity contribution in [2.24, 2.45) is 0 Å². The molecule has 0 atom stereocenters. The Morgan fingerprint density at radius 1 is 1.11 bits per heavy atom. The topological polar surface area (TPSA) is 55.2 Å². The second-order valence-electron chi connectivity index (χ2n) is 4.33. The van der Waals surface area contributed by atoms with E-state index in [1.54, 1.807) is 18.3 Å². The molecule has 1 aromatic heterocycles. The second-order valence-corrected chi connectivity index (χ2v) is 4.33. The van der Waals surface area contributed by atoms with Crippen LogP contribution in [0.3, 0.4) is 0 Å². The number of rotatable bonds is 2. The molecule has 0 aliphatic rings. The average molecular weight is 252 g/mol. The van der Waals surface area contributed by atoms with Gasteiger partial charge in [0.1, 0.15) is 11.5 Å². The van der Waals surface area contributed by atoms with E-state index in [4.69, 9.17) is 4.74 Å². The summed E-state index contributed by atoms with van der Waals surface area (Å²) < 4.78 is 5.79. The van der Waals surface area contributed by atoms with E-state index in [0.717, 1.165) is 16.5 Å². The molecule has 0 saturated carbocycles. The third-order valence-electron chi connectivity index (χ3n) is 2.77. The van der Waals surface area contributed by atoms with Crippen LogP contribution in [0.2, 0.25) is 0 Å². The maximum atomic E-state index is 9.58. The summed E-state index contributed by atoms with van der Waals surface area (Å²) in [6.45, 7) is 1.90. The van der Waals surface area contributed by atoms with E-state index < -0.39 is 0 Å². The van der Waals surface area contributed by atoms with Gasteiger partial charge in [-0.1, -0.05) is 12.1 Å². The lowest BCUT2D eigenvalue weighted by Crippen LogP contribution is -1.90. The summed E-state index contributed by atoms with van der Waals surface area (Å²) in [5.74, 6) is 1.38. The molecule has 0 unspecified atom stereocenters. The zero-order valence-corrected chi connectivity index (χ0v) is 10.4. The van der Waals surface area contributed by atoms with Crippen molar-refractivity contribution < 1.29 is 9.84 Å². The van der Waals surface area contributed by atoms with Crippen LogP contribution in [0, 0.1) is 6.92 Å². The van der Waals surface area contributed by atoms with Gasteiger partial charge in [0.25, 0.3) is 0 Å². The number of hydrogen-bond acceptors (Lipinski definition) is 4. The summed E-state index contributed by atoms with van der Waals surface area (Å²) in [5, 5.41) is 18.4. The van der Waals surface area contributed by atoms with E-state index in [-0.39, 0.29) is 5.75 Å². The van der Waals surface area contributed by atoms with Gasteiger partial charge in [0.05, 0.1) is 11.7 Å². The third-order valence-corrected chi connectivity index (χ3v) is 2.77. The fourth-order valence-electron chi connectivity index (χ4n) is 1.98. The molecule has 4 heteroatoms. The molecule has 0 aliphatic heterocycles. The van der Waals surface area contributed by atoms with Crippen LogP contribution < -0.4 is 4.74 Å². The lowest BCUT2D eigenvalue weighted by Gasteiger charge is -2.08. The van der Waals surface area contributed by atoms with Crippen LogP contribution in [0.4, 0.5) is 0 Å². The zero-order chi connectivity index (χ0) is 13.2. The van der Waals surface area contributed by atoms with Crippen molar-refractivity contribution >= 4 is 10.9 Å². The Hall–Kier alpha value is -2.62. The van der Waals surface area contributed by atoms with Crippen molar-refractivity contribution in [2.75, 3.05) is 0 Å². The van der Waals surface area contributed by atoms with Gasteiger partial charge in [-0.2, -0.15) is 10.2 Å². The van der Waals surface area contributed by atoms with Gasteiger partial charge in [0.15, 0.2) is 5.75 Å². The Morgan fingerprint density at radius 3 is 2.79 bits per heavy atom. The van der Waals surface area contributed by atoms with Crippen LogP contribution in [0.25, 0.3) is 10.9 Å². The van der Waals surface area contributed by atoms with Crippen LogP contribution in [0.15, 0.2) is 48.7 Å². The van der Waals surface area contributed by atoms with Crippen LogP contribution in [0.5, 0.6) is 17.2 Å². The van der Waals surface area contributed by atoms with Gasteiger partial charge in [-0.3, -0.25) is 0 Å². The summed E-state index contributed by atoms with van der Waals surface area (Å²) in [5.41, 5.74) is 1.71. The average Bonchev–Trinajstić information content (AvgIpc) is 2.38. The number of hydrogen-bond donors (Lipinski definition) is 1. The first kappa shape index (κ1) is 11.5. The number of phenols is 1. The number of aromatic hydroxyl groups is 1. The van der Waals surface area contributed by atoms with Crippen molar-refractivity contribution in [3.05, 3.63) is 54.2 Å². The van der Waals surface area contributed by atoms with Gasteiger partial charge in [0, 0.05) is 11.5 Å². The summed E-state index contributed by atoms with van der Waals surface area (Å²) >= 11 is 0. The van der Waals surface area contributed by atoms with Crippen molar-refractivity contribution in [1.29, 1.82) is 0 Å². The van der Waals surface area contributed by atoms with E-state index in [1.165, 1.54) is 0 Å². The molecule has 3 rings (SSSR count). The molecule has 0 spiro atoms. The van der Waals surface area contributed by atoms with E-state index in [1.807, 2.05) is 37.3 Å². The highest BCUT2D eigenvalue weighted by Crippen LogP contribution is 2.30. The first-order valence-corrected chi connectivity index (χ1v) is 5.91. The largest absolute Gasteiger partial charge is 0.508 e. The Balaban J connectivity index is 2.05. The minimum absolute atomic E-state index is 0.182. The van der Waals surface area contributed by atoms with Crippen LogP contribution in [0.1, 0.15) is 5.56 Å². The van der Waals surface area contributed by atoms with Gasteiger partial charge < -0.3 is 9.84 Å². The summed E-state index contributed by atoms with van der Waals surface area (Å²) in [7, 11) is 0. The molecule has 19 heavy (non-hydrogen) atoms. The van der Waals surface area contributed by atoms with Crippen molar-refractivity contribution in [3.8, 4) is 17.2 Å². The van der Waals surface area contributed by atoms with Crippen LogP contribution in [-0.2, 0) is 0 Å². The maximum absolute atomic E-state index is 9.58. The fraction of sp³-hybridized carbons (Fsp3) is 0.0667. The Kier molecular flexibility index (Phi) is 2.76. The van der Waals surface area contributed by atoms with Crippen LogP contribution in [-0.4, -0.2) is 15.3 Å². The monoisotopic (exact) mass is 252 g/mol. The summed E-state index contributed by atoms with van der Waals surface area (Å²) in [6, 6.07) is 12.7. The van der Waals surface area contributed by atoms with E-state index in [9.17, 15) is 5.11 Å². The zero-order valence-electron chi connectivity index (χ0n) is 10.4. The Morgan fingerprint density at radius 2 is 1.95 bits per heavy atom. The Bertz CT molecular complexity index is 716. The number of aromatic nitrogens is 2. The second kappa shape index (κ2) is 4.57. The van der Waals surface area contributed by atoms with Crippen molar-refractivity contribution in [3.63, 3.8) is 0 Å². The Labute approximate surface area is 110 Å². The molecule has 3 aromatic rings. The molecule has 0 radical (unpaired) electrons. The molecular weight excluding hydrogens is 240 g/mol. The molecule has 0 aliphatic carbocycles. The van der Waals surface area contributed by atoms with Crippen molar-refractivity contribution in [2.45, 2.75) is 6.92 Å². The standard InChI is InChI=1S/C15H12N2O2/c1-10-6-11(18)8-12(7-10)19-15-9-16-17-14-5-3-2-4-13(14)15/h2-9,18H,1H3. The number of fused-ring (bicyclic) bond motifs is 1. The first-order valence-electron chi connectivity index (χ1n) is 5.91. The van der Waals surface area contributed by atoms with Gasteiger partial charge in [0.2, 0.25) is 0 Å². The molecular formula is C15H12N2O2. The van der Waals surface area contributed by atoms with E-state index in [2.05, 4.69) is 10.2 Å². The molecule has 0 amide bonds. The predicted molar refractivity (Wildman–Crippen MR) is 72.5 cm³/mol. The molecule has 94 valence electrons. The lowest BCUT2D eigenvalue weighted by atomic mass is 10.2. The fourth-order valence-corrected chi connectivity index (χ4v) is 1.98. The quantitative estimate of drug-likeness (QED) is 0.759. The normalized spacial score (nSPS) is 10.6. The first-order chi connectivity index (χ1) is 9.22. The van der Waals surface area contributed by atoms with Gasteiger partial charge in [-0.15, -0.1) is 0 Å². The number of ether oxygens (including phenoxy) is 1. The highest BCUT2D eigenvalue weighted by molar-refractivity contribution is 5.84. The summed E-state index contributed by atoms with van der Waals surface area (Å²) in [4.78, 5) is 0. The number of phenolic OH excluding ortho intramolecular Hbond substituents is 1. The van der Waals surface area contributed by atoms with Crippen LogP contribution >= 0.6 is 0 Å². The number of benzene rings is 2. The molecule has 4 nitrogen and oxygen atoms in total. The lowest BCUT2D eigenvalue weighted by molar-refractivity contribution is 0.455. The minimum atomic E-state index is 0.182. The third kappa shape index (κ3) is 2.33. The van der Waals surface area contributed by atoms with E-state index in [0.29, 0.717) is 11.5 Å². The molecule has 0 saturated heterocycles. The SMILES string of the molecule is Cc1cc(O)cc(Oc2cnnc3ccccc23)c1. The number of aryl methyl sites for hydroxylation is 1. The van der Waals surface area contributed by atoms with E-state index >= 15 is 0 Å². The molecule has 1 heterocycles. The highest BCUT2D eigenvalue weighted by Gasteiger charge is 2.06. The predicted octanol–water partition coefficient (Wildman–Crippen LogP) is 3.44. The van der Waals surface area contributed by atoms with Gasteiger partial charge in [-0.05, 0) is 36.8 Å². The molecule has 1 N–H and O–H groups in total. The smallest absolute Gasteiger partial charge is 0.156 e. The molecule has 2 aromatic carbocycles. The maximum Gasteiger partial charge on any atom is 0.156 e. The summed E-state index contributed by atoms with van der Waals surface area (Å²) in [6.07, 6.45) is 1.57. The molecule has 0 fully saturated rings. The highest BCUT2D eigenvalue weighted by atomic mass is 16.5. The van der Waals surface area contributed by atoms with Crippen molar-refractivity contribution in [1.82, 2.24) is 10.2 Å². The minimum Gasteiger partial charge on any atom is -0.508 e.